The Balaban J connectivity index is 1.54. The summed E-state index contributed by atoms with van der Waals surface area (Å²) in [6.07, 6.45) is 0.144. The molecule has 3 heterocycles. The van der Waals surface area contributed by atoms with E-state index in [1.54, 1.807) is 17.4 Å². The standard InChI is InChI=1S/C19H14FN5O2S2/c1-10-8-28-9-12(10)11-2-3-13-19(18(11)20)29-17(23-13)7-16-25-24-15(27-16)6-14(26)22-5-4-21/h2-3,8-9H,5-7H2,1H3,(H,22,26). The summed E-state index contributed by atoms with van der Waals surface area (Å²) in [5.41, 5.74) is 3.07. The number of hydrogen-bond donors (Lipinski definition) is 1. The number of amides is 1. The van der Waals surface area contributed by atoms with Crippen LogP contribution in [0.3, 0.4) is 0 Å². The number of aromatic nitrogens is 3. The van der Waals surface area contributed by atoms with Crippen LogP contribution in [0.2, 0.25) is 0 Å². The van der Waals surface area contributed by atoms with Crippen LogP contribution in [0.15, 0.2) is 27.3 Å². The van der Waals surface area contributed by atoms with Crippen molar-refractivity contribution in [2.75, 3.05) is 6.54 Å². The molecule has 0 aliphatic carbocycles. The lowest BCUT2D eigenvalue weighted by atomic mass is 10.0. The summed E-state index contributed by atoms with van der Waals surface area (Å²) < 4.78 is 21.0. The summed E-state index contributed by atoms with van der Waals surface area (Å²) in [7, 11) is 0. The van der Waals surface area contributed by atoms with Crippen LogP contribution in [0, 0.1) is 24.1 Å². The number of benzene rings is 1. The Kier molecular flexibility index (Phi) is 5.33. The molecule has 4 rings (SSSR count). The molecule has 0 aliphatic heterocycles. The lowest BCUT2D eigenvalue weighted by Gasteiger charge is -2.02. The molecule has 29 heavy (non-hydrogen) atoms. The van der Waals surface area contributed by atoms with Crippen LogP contribution in [-0.4, -0.2) is 27.6 Å². The van der Waals surface area contributed by atoms with Crippen LogP contribution in [-0.2, 0) is 17.6 Å². The first-order valence-corrected chi connectivity index (χ1v) is 10.4. The highest BCUT2D eigenvalue weighted by molar-refractivity contribution is 7.18. The first-order chi connectivity index (χ1) is 14.0. The predicted octanol–water partition coefficient (Wildman–Crippen LogP) is 3.63. The summed E-state index contributed by atoms with van der Waals surface area (Å²) in [5, 5.41) is 23.2. The van der Waals surface area contributed by atoms with Gasteiger partial charge in [-0.1, -0.05) is 0 Å². The van der Waals surface area contributed by atoms with Crippen LogP contribution >= 0.6 is 22.7 Å². The van der Waals surface area contributed by atoms with Gasteiger partial charge in [0.1, 0.15) is 23.8 Å². The zero-order chi connectivity index (χ0) is 20.4. The van der Waals surface area contributed by atoms with Crippen molar-refractivity contribution in [3.63, 3.8) is 0 Å². The van der Waals surface area contributed by atoms with Crippen LogP contribution in [0.25, 0.3) is 21.3 Å². The number of aryl methyl sites for hydroxylation is 1. The fourth-order valence-electron chi connectivity index (χ4n) is 2.82. The van der Waals surface area contributed by atoms with Crippen LogP contribution in [0.5, 0.6) is 0 Å². The van der Waals surface area contributed by atoms with Gasteiger partial charge in [-0.05, 0) is 40.9 Å². The van der Waals surface area contributed by atoms with E-state index < -0.39 is 0 Å². The molecule has 10 heteroatoms. The molecule has 7 nitrogen and oxygen atoms in total. The van der Waals surface area contributed by atoms with Crippen molar-refractivity contribution >= 4 is 38.8 Å². The van der Waals surface area contributed by atoms with Crippen LogP contribution < -0.4 is 5.32 Å². The van der Waals surface area contributed by atoms with E-state index in [-0.39, 0.29) is 37.0 Å². The van der Waals surface area contributed by atoms with E-state index in [2.05, 4.69) is 20.5 Å². The third-order valence-corrected chi connectivity index (χ3v) is 6.10. The fraction of sp³-hybridized carbons (Fsp3) is 0.211. The van der Waals surface area contributed by atoms with Gasteiger partial charge in [-0.3, -0.25) is 4.79 Å². The van der Waals surface area contributed by atoms with E-state index in [0.29, 0.717) is 26.7 Å². The largest absolute Gasteiger partial charge is 0.424 e. The summed E-state index contributed by atoms with van der Waals surface area (Å²) >= 11 is 2.79. The maximum absolute atomic E-state index is 15.1. The molecule has 146 valence electrons. The number of nitrogens with zero attached hydrogens (tertiary/aromatic N) is 4. The van der Waals surface area contributed by atoms with E-state index in [4.69, 9.17) is 9.68 Å². The van der Waals surface area contributed by atoms with Gasteiger partial charge in [0.15, 0.2) is 0 Å². The molecule has 0 bridgehead atoms. The van der Waals surface area contributed by atoms with Gasteiger partial charge < -0.3 is 9.73 Å². The minimum absolute atomic E-state index is 0.0794. The molecule has 4 aromatic rings. The normalized spacial score (nSPS) is 10.9. The maximum atomic E-state index is 15.1. The Morgan fingerprint density at radius 2 is 2.10 bits per heavy atom. The molecule has 1 amide bonds. The highest BCUT2D eigenvalue weighted by atomic mass is 32.1. The van der Waals surface area contributed by atoms with Gasteiger partial charge in [-0.2, -0.15) is 16.6 Å². The summed E-state index contributed by atoms with van der Waals surface area (Å²) in [6, 6.07) is 5.38. The van der Waals surface area contributed by atoms with Gasteiger partial charge in [-0.25, -0.2) is 9.37 Å². The Labute approximate surface area is 172 Å². The van der Waals surface area contributed by atoms with Gasteiger partial charge in [0, 0.05) is 5.56 Å². The topological polar surface area (TPSA) is 105 Å². The number of thiazole rings is 1. The smallest absolute Gasteiger partial charge is 0.230 e. The van der Waals surface area contributed by atoms with Gasteiger partial charge in [0.2, 0.25) is 17.7 Å². The molecule has 0 unspecified atom stereocenters. The highest BCUT2D eigenvalue weighted by Gasteiger charge is 2.17. The molecule has 3 aromatic heterocycles. The van der Waals surface area contributed by atoms with Crippen molar-refractivity contribution in [3.05, 3.63) is 51.1 Å². The van der Waals surface area contributed by atoms with Crippen molar-refractivity contribution in [1.82, 2.24) is 20.5 Å². The number of nitriles is 1. The Hall–Kier alpha value is -3.16. The molecule has 1 N–H and O–H groups in total. The molecule has 0 atom stereocenters. The zero-order valence-electron chi connectivity index (χ0n) is 15.2. The number of thiophene rings is 1. The molecule has 0 saturated heterocycles. The third kappa shape index (κ3) is 4.01. The average molecular weight is 427 g/mol. The first kappa shape index (κ1) is 19.2. The predicted molar refractivity (Wildman–Crippen MR) is 107 cm³/mol. The first-order valence-electron chi connectivity index (χ1n) is 8.61. The monoisotopic (exact) mass is 427 g/mol. The molecular formula is C19H14FN5O2S2. The second kappa shape index (κ2) is 8.06. The average Bonchev–Trinajstić information content (AvgIpc) is 3.41. The Bertz CT molecular complexity index is 1240. The van der Waals surface area contributed by atoms with Gasteiger partial charge >= 0.3 is 0 Å². The van der Waals surface area contributed by atoms with E-state index in [9.17, 15) is 4.79 Å². The second-order valence-electron chi connectivity index (χ2n) is 6.23. The van der Waals surface area contributed by atoms with Crippen LogP contribution in [0.4, 0.5) is 4.39 Å². The molecule has 0 spiro atoms. The number of fused-ring (bicyclic) bond motifs is 1. The summed E-state index contributed by atoms with van der Waals surface area (Å²) in [6.45, 7) is 1.88. The molecule has 0 fully saturated rings. The molecule has 1 aromatic carbocycles. The molecule has 0 saturated carbocycles. The number of halogens is 1. The molecular weight excluding hydrogens is 413 g/mol. The van der Waals surface area contributed by atoms with Crippen molar-refractivity contribution < 1.29 is 13.6 Å². The fourth-order valence-corrected chi connectivity index (χ4v) is 4.67. The number of carbonyl (C=O) groups is 1. The number of carbonyl (C=O) groups excluding carboxylic acids is 1. The van der Waals surface area contributed by atoms with E-state index in [0.717, 1.165) is 11.1 Å². The summed E-state index contributed by atoms with van der Waals surface area (Å²) in [5.74, 6) is -0.215. The zero-order valence-corrected chi connectivity index (χ0v) is 16.9. The SMILES string of the molecule is Cc1cscc1-c1ccc2nc(Cc3nnc(CC(=O)NCC#N)o3)sc2c1F. The minimum atomic E-state index is -0.375. The highest BCUT2D eigenvalue weighted by Crippen LogP contribution is 2.35. The lowest BCUT2D eigenvalue weighted by molar-refractivity contribution is -0.120. The van der Waals surface area contributed by atoms with E-state index in [1.165, 1.54) is 11.3 Å². The Morgan fingerprint density at radius 3 is 2.86 bits per heavy atom. The third-order valence-electron chi connectivity index (χ3n) is 4.17. The van der Waals surface area contributed by atoms with Crippen molar-refractivity contribution in [1.29, 1.82) is 5.26 Å². The van der Waals surface area contributed by atoms with Gasteiger partial charge in [-0.15, -0.1) is 21.5 Å². The number of rotatable bonds is 6. The number of nitrogens with one attached hydrogen (secondary N) is 1. The van der Waals surface area contributed by atoms with Gasteiger partial charge in [0.05, 0.1) is 22.7 Å². The summed E-state index contributed by atoms with van der Waals surface area (Å²) in [4.78, 5) is 16.1. The van der Waals surface area contributed by atoms with E-state index in [1.807, 2.05) is 29.8 Å². The maximum Gasteiger partial charge on any atom is 0.230 e. The van der Waals surface area contributed by atoms with Gasteiger partial charge in [0.25, 0.3) is 0 Å². The van der Waals surface area contributed by atoms with Crippen LogP contribution in [0.1, 0.15) is 22.4 Å². The number of hydrogen-bond acceptors (Lipinski definition) is 8. The quantitative estimate of drug-likeness (QED) is 0.471. The van der Waals surface area contributed by atoms with Crippen molar-refractivity contribution in [2.24, 2.45) is 0 Å². The van der Waals surface area contributed by atoms with E-state index >= 15 is 4.39 Å². The molecule has 0 radical (unpaired) electrons. The Morgan fingerprint density at radius 1 is 1.28 bits per heavy atom. The second-order valence-corrected chi connectivity index (χ2v) is 8.06. The molecule has 0 aliphatic rings. The van der Waals surface area contributed by atoms with Crippen molar-refractivity contribution in [3.8, 4) is 17.2 Å². The minimum Gasteiger partial charge on any atom is -0.424 e. The lowest BCUT2D eigenvalue weighted by Crippen LogP contribution is -2.25. The van der Waals surface area contributed by atoms with Crippen molar-refractivity contribution in [2.45, 2.75) is 19.8 Å².